The van der Waals surface area contributed by atoms with Gasteiger partial charge in [-0.1, -0.05) is 30.3 Å². The number of nitrogens with one attached hydrogen (secondary N) is 1. The number of hydrazone groups is 1. The Morgan fingerprint density at radius 2 is 1.24 bits per heavy atom. The summed E-state index contributed by atoms with van der Waals surface area (Å²) in [5.74, 6) is -1.19. The first-order chi connectivity index (χ1) is 29.2. The van der Waals surface area contributed by atoms with E-state index in [0.717, 1.165) is 23.8 Å². The number of rotatable bonds is 11. The molecule has 0 heterocycles. The van der Waals surface area contributed by atoms with Crippen molar-refractivity contribution in [3.63, 3.8) is 0 Å². The van der Waals surface area contributed by atoms with Crippen molar-refractivity contribution in [1.82, 2.24) is 0 Å². The third kappa shape index (κ3) is 8.80. The van der Waals surface area contributed by atoms with Crippen LogP contribution in [0.1, 0.15) is 15.9 Å². The number of nitrogen functional groups attached to an aromatic ring is 2. The molecule has 0 aromatic heterocycles. The Kier molecular flexibility index (Phi) is 11.0. The predicted molar refractivity (Wildman–Crippen MR) is 227 cm³/mol. The number of ketones is 1. The Balaban J connectivity index is 1.14. The molecule has 8 N–H and O–H groups in total. The molecule has 6 aromatic carbocycles. The number of non-ortho nitro benzene ring substituents is 1. The largest absolute Gasteiger partial charge is 0.398 e. The molecule has 24 heteroatoms. The second kappa shape index (κ2) is 16.1. The van der Waals surface area contributed by atoms with Gasteiger partial charge in [-0.15, -0.1) is 10.2 Å². The predicted octanol–water partition coefficient (Wildman–Crippen LogP) is 7.80. The van der Waals surface area contributed by atoms with Crippen molar-refractivity contribution in [2.24, 2.45) is 25.6 Å². The minimum Gasteiger partial charge on any atom is -0.398 e. The van der Waals surface area contributed by atoms with Crippen LogP contribution in [0.2, 0.25) is 0 Å². The highest BCUT2D eigenvalue weighted by atomic mass is 32.2. The monoisotopic (exact) mass is 897 g/mol. The summed E-state index contributed by atoms with van der Waals surface area (Å²) in [7, 11) is -14.8. The Hall–Kier alpha value is -7.61. The van der Waals surface area contributed by atoms with Gasteiger partial charge < -0.3 is 11.5 Å². The van der Waals surface area contributed by atoms with Crippen LogP contribution in [-0.2, 0) is 30.4 Å². The van der Waals surface area contributed by atoms with Crippen molar-refractivity contribution in [2.75, 3.05) is 16.9 Å². The lowest BCUT2D eigenvalue weighted by Gasteiger charge is -2.20. The SMILES string of the molecule is Nc1c(N=Nc2ccc([N+](=O)[O-])cc2)c(S(=O)(=O)O)cc2c1C(=O)C(=NNc1ccc(-c3ccc(N=Nc4ccc(N)c5ccc(S(=O)(=O)O)cc45)cc3)cc1)C(S(=O)(=O)O)=C2. The van der Waals surface area contributed by atoms with E-state index in [1.807, 2.05) is 0 Å². The summed E-state index contributed by atoms with van der Waals surface area (Å²) >= 11 is 0. The van der Waals surface area contributed by atoms with Crippen molar-refractivity contribution >= 4 is 104 Å². The number of nitrogens with two attached hydrogens (primary N) is 2. The molecule has 6 aromatic rings. The molecular weight excluding hydrogens is 871 g/mol. The van der Waals surface area contributed by atoms with Crippen LogP contribution < -0.4 is 16.9 Å². The summed E-state index contributed by atoms with van der Waals surface area (Å²) < 4.78 is 103. The van der Waals surface area contributed by atoms with Gasteiger partial charge in [-0.25, -0.2) is 0 Å². The van der Waals surface area contributed by atoms with Crippen LogP contribution in [0.4, 0.5) is 45.5 Å². The van der Waals surface area contributed by atoms with Gasteiger partial charge in [0.2, 0.25) is 5.78 Å². The molecule has 1 aliphatic rings. The minimum absolute atomic E-state index is 0.00265. The van der Waals surface area contributed by atoms with Crippen molar-refractivity contribution < 1.29 is 48.6 Å². The second-order valence-corrected chi connectivity index (χ2v) is 17.3. The summed E-state index contributed by atoms with van der Waals surface area (Å²) in [5.41, 5.74) is 14.2. The van der Waals surface area contributed by atoms with Gasteiger partial charge in [-0.05, 0) is 89.5 Å². The van der Waals surface area contributed by atoms with E-state index in [0.29, 0.717) is 39.5 Å². The number of allylic oxidation sites excluding steroid dienone is 1. The van der Waals surface area contributed by atoms with E-state index in [-0.39, 0.29) is 22.0 Å². The highest BCUT2D eigenvalue weighted by molar-refractivity contribution is 7.91. The molecule has 0 atom stereocenters. The topological polar surface area (TPSA) is 349 Å². The summed E-state index contributed by atoms with van der Waals surface area (Å²) in [6.07, 6.45) is 0.735. The second-order valence-electron chi connectivity index (χ2n) is 13.1. The maximum absolute atomic E-state index is 13.9. The van der Waals surface area contributed by atoms with E-state index in [1.54, 1.807) is 60.7 Å². The van der Waals surface area contributed by atoms with E-state index >= 15 is 0 Å². The Labute approximate surface area is 350 Å². The number of Topliss-reactive ketones (excluding diaryl/α,β-unsaturated/α-hetero) is 1. The smallest absolute Gasteiger partial charge is 0.296 e. The molecule has 314 valence electrons. The highest BCUT2D eigenvalue weighted by Crippen LogP contribution is 2.41. The summed E-state index contributed by atoms with van der Waals surface area (Å²) in [6, 6.07) is 25.6. The standard InChI is InChI=1S/C38H27N9O12S3/c39-30-15-16-31(29-19-27(60(51,52)53)13-14-28(29)30)44-41-23-5-1-20(2-6-23)21-3-7-24(8-4-21)43-46-37-33(62(57,58)59)18-22-17-32(61(54,55)56)36(35(40)34(22)38(37)48)45-42-25-9-11-26(12-10-25)47(49)50/h1-19,43H,39-40H2,(H,51,52,53)(H,54,55,56)(H,57,58,59). The van der Waals surface area contributed by atoms with E-state index in [1.165, 1.54) is 30.3 Å². The number of azo groups is 2. The van der Waals surface area contributed by atoms with Gasteiger partial charge in [0.05, 0.1) is 43.8 Å². The summed E-state index contributed by atoms with van der Waals surface area (Å²) in [6.45, 7) is 0. The van der Waals surface area contributed by atoms with Crippen LogP contribution in [0, 0.1) is 10.1 Å². The summed E-state index contributed by atoms with van der Waals surface area (Å²) in [4.78, 5) is 21.9. The number of hydrogen-bond donors (Lipinski definition) is 6. The third-order valence-corrected chi connectivity index (χ3v) is 11.7. The normalized spacial score (nSPS) is 14.1. The van der Waals surface area contributed by atoms with Crippen molar-refractivity contribution in [2.45, 2.75) is 9.79 Å². The lowest BCUT2D eigenvalue weighted by molar-refractivity contribution is -0.384. The number of carbonyl (C=O) groups is 1. The van der Waals surface area contributed by atoms with Crippen LogP contribution in [0.5, 0.6) is 0 Å². The van der Waals surface area contributed by atoms with Gasteiger partial charge in [0.15, 0.2) is 5.71 Å². The molecule has 21 nitrogen and oxygen atoms in total. The Morgan fingerprint density at radius 1 is 0.645 bits per heavy atom. The van der Waals surface area contributed by atoms with Crippen LogP contribution in [-0.4, -0.2) is 55.3 Å². The van der Waals surface area contributed by atoms with Crippen LogP contribution >= 0.6 is 0 Å². The first-order valence-corrected chi connectivity index (χ1v) is 21.6. The fourth-order valence-electron chi connectivity index (χ4n) is 6.12. The zero-order valence-corrected chi connectivity index (χ0v) is 33.5. The lowest BCUT2D eigenvalue weighted by Crippen LogP contribution is -2.28. The van der Waals surface area contributed by atoms with Crippen LogP contribution in [0.15, 0.2) is 149 Å². The average Bonchev–Trinajstić information content (AvgIpc) is 3.22. The van der Waals surface area contributed by atoms with Gasteiger partial charge in [0.1, 0.15) is 15.5 Å². The molecule has 0 amide bonds. The average molecular weight is 898 g/mol. The molecule has 0 unspecified atom stereocenters. The molecule has 0 spiro atoms. The molecule has 0 saturated heterocycles. The molecule has 0 fully saturated rings. The van der Waals surface area contributed by atoms with E-state index < -0.39 is 79.1 Å². The fourth-order valence-corrected chi connectivity index (χ4v) is 7.96. The van der Waals surface area contributed by atoms with Crippen LogP contribution in [0.25, 0.3) is 28.0 Å². The van der Waals surface area contributed by atoms with Gasteiger partial charge in [-0.3, -0.25) is 34.0 Å². The van der Waals surface area contributed by atoms with Crippen molar-refractivity contribution in [3.8, 4) is 11.1 Å². The van der Waals surface area contributed by atoms with E-state index in [2.05, 4.69) is 31.0 Å². The lowest BCUT2D eigenvalue weighted by atomic mass is 9.92. The zero-order valence-electron chi connectivity index (χ0n) is 31.0. The third-order valence-electron chi connectivity index (χ3n) is 9.13. The quantitative estimate of drug-likeness (QED) is 0.0237. The van der Waals surface area contributed by atoms with Gasteiger partial charge in [-0.2, -0.15) is 40.6 Å². The molecule has 62 heavy (non-hydrogen) atoms. The highest BCUT2D eigenvalue weighted by Gasteiger charge is 2.37. The first kappa shape index (κ1) is 42.5. The number of fused-ring (bicyclic) bond motifs is 2. The number of nitro benzene ring substituents is 1. The number of nitrogens with zero attached hydrogens (tertiary/aromatic N) is 6. The molecule has 0 saturated carbocycles. The van der Waals surface area contributed by atoms with Crippen molar-refractivity contribution in [3.05, 3.63) is 135 Å². The van der Waals surface area contributed by atoms with Crippen LogP contribution in [0.3, 0.4) is 0 Å². The van der Waals surface area contributed by atoms with Crippen molar-refractivity contribution in [1.29, 1.82) is 0 Å². The van der Waals surface area contributed by atoms with Gasteiger partial charge >= 0.3 is 0 Å². The zero-order chi connectivity index (χ0) is 44.7. The number of carbonyl (C=O) groups excluding carboxylic acids is 1. The maximum Gasteiger partial charge on any atom is 0.296 e. The molecule has 0 aliphatic heterocycles. The molecule has 0 radical (unpaired) electrons. The minimum atomic E-state index is -5.19. The number of hydrogen-bond acceptors (Lipinski definition) is 17. The first-order valence-electron chi connectivity index (χ1n) is 17.3. The Morgan fingerprint density at radius 3 is 1.82 bits per heavy atom. The molecule has 7 rings (SSSR count). The molecule has 0 bridgehead atoms. The summed E-state index contributed by atoms with van der Waals surface area (Å²) in [5, 5.41) is 31.9. The van der Waals surface area contributed by atoms with E-state index in [4.69, 9.17) is 11.5 Å². The molecule has 1 aliphatic carbocycles. The van der Waals surface area contributed by atoms with Gasteiger partial charge in [0.25, 0.3) is 36.0 Å². The van der Waals surface area contributed by atoms with Gasteiger partial charge in [0, 0.05) is 28.6 Å². The number of nitro groups is 1. The number of anilines is 3. The Bertz CT molecular complexity index is 3340. The van der Waals surface area contributed by atoms with E-state index in [9.17, 15) is 53.8 Å². The maximum atomic E-state index is 13.9. The number of benzene rings is 6. The molecular formula is C38H27N9O12S3. The fraction of sp³-hybridized carbons (Fsp3) is 0.